The molecule has 1 aromatic carbocycles. The molecule has 1 amide bonds. The Labute approximate surface area is 131 Å². The standard InChI is InChI=1S/C17H22N2OS/c1-13-6-7-15(14(11-13)5-3-9-18)16(20)19-12-17(2)8-4-10-21-17/h6-7,11H,4,8-10,12,18H2,1-2H3,(H,19,20). The van der Waals surface area contributed by atoms with Crippen LogP contribution in [0.4, 0.5) is 0 Å². The zero-order valence-corrected chi connectivity index (χ0v) is 13.5. The Morgan fingerprint density at radius 3 is 3.00 bits per heavy atom. The molecular formula is C17H22N2OS. The average Bonchev–Trinajstić information content (AvgIpc) is 2.90. The maximum atomic E-state index is 12.4. The van der Waals surface area contributed by atoms with Gasteiger partial charge in [-0.2, -0.15) is 11.8 Å². The molecule has 1 unspecified atom stereocenters. The number of aryl methyl sites for hydroxylation is 1. The molecule has 0 aliphatic carbocycles. The number of carbonyl (C=O) groups excluding carboxylic acids is 1. The van der Waals surface area contributed by atoms with E-state index in [9.17, 15) is 4.79 Å². The minimum atomic E-state index is -0.0509. The number of hydrogen-bond acceptors (Lipinski definition) is 3. The first kappa shape index (κ1) is 15.9. The number of amides is 1. The van der Waals surface area contributed by atoms with Gasteiger partial charge in [-0.3, -0.25) is 4.79 Å². The van der Waals surface area contributed by atoms with E-state index in [1.54, 1.807) is 0 Å². The van der Waals surface area contributed by atoms with Crippen LogP contribution in [0.1, 0.15) is 41.3 Å². The van der Waals surface area contributed by atoms with Crippen molar-refractivity contribution < 1.29 is 4.79 Å². The van der Waals surface area contributed by atoms with Gasteiger partial charge in [0.05, 0.1) is 12.1 Å². The van der Waals surface area contributed by atoms with Gasteiger partial charge in [-0.15, -0.1) is 0 Å². The predicted molar refractivity (Wildman–Crippen MR) is 89.5 cm³/mol. The van der Waals surface area contributed by atoms with Crippen LogP contribution in [0.5, 0.6) is 0 Å². The fourth-order valence-corrected chi connectivity index (χ4v) is 3.69. The number of hydrogen-bond donors (Lipinski definition) is 2. The second-order valence-electron chi connectivity index (χ2n) is 5.64. The zero-order chi connectivity index (χ0) is 15.3. The summed E-state index contributed by atoms with van der Waals surface area (Å²) in [5, 5.41) is 3.06. The van der Waals surface area contributed by atoms with Crippen molar-refractivity contribution in [1.29, 1.82) is 0 Å². The summed E-state index contributed by atoms with van der Waals surface area (Å²) in [7, 11) is 0. The summed E-state index contributed by atoms with van der Waals surface area (Å²) in [5.41, 5.74) is 7.90. The molecule has 1 saturated heterocycles. The highest BCUT2D eigenvalue weighted by Crippen LogP contribution is 2.37. The van der Waals surface area contributed by atoms with Gasteiger partial charge in [0.2, 0.25) is 0 Å². The van der Waals surface area contributed by atoms with Gasteiger partial charge in [-0.1, -0.05) is 17.9 Å². The van der Waals surface area contributed by atoms with Gasteiger partial charge in [-0.05, 0) is 50.1 Å². The van der Waals surface area contributed by atoms with Crippen molar-refractivity contribution in [2.24, 2.45) is 5.73 Å². The van der Waals surface area contributed by atoms with Gasteiger partial charge in [0.1, 0.15) is 0 Å². The number of rotatable bonds is 3. The van der Waals surface area contributed by atoms with Crippen LogP contribution in [0.2, 0.25) is 0 Å². The van der Waals surface area contributed by atoms with Crippen molar-refractivity contribution in [3.8, 4) is 11.8 Å². The monoisotopic (exact) mass is 302 g/mol. The van der Waals surface area contributed by atoms with E-state index >= 15 is 0 Å². The summed E-state index contributed by atoms with van der Waals surface area (Å²) in [6, 6.07) is 5.72. The first-order valence-corrected chi connectivity index (χ1v) is 8.24. The summed E-state index contributed by atoms with van der Waals surface area (Å²) in [6.45, 7) is 5.21. The molecule has 0 bridgehead atoms. The summed E-state index contributed by atoms with van der Waals surface area (Å²) in [5.74, 6) is 6.95. The summed E-state index contributed by atoms with van der Waals surface area (Å²) in [6.07, 6.45) is 2.39. The van der Waals surface area contributed by atoms with Gasteiger partial charge in [0.15, 0.2) is 0 Å². The first-order valence-electron chi connectivity index (χ1n) is 7.26. The molecule has 1 aliphatic heterocycles. The van der Waals surface area contributed by atoms with Gasteiger partial charge >= 0.3 is 0 Å². The molecule has 0 spiro atoms. The van der Waals surface area contributed by atoms with E-state index in [0.29, 0.717) is 18.7 Å². The van der Waals surface area contributed by atoms with E-state index in [4.69, 9.17) is 5.73 Å². The smallest absolute Gasteiger partial charge is 0.252 e. The Balaban J connectivity index is 2.11. The van der Waals surface area contributed by atoms with E-state index in [-0.39, 0.29) is 10.7 Å². The van der Waals surface area contributed by atoms with E-state index < -0.39 is 0 Å². The van der Waals surface area contributed by atoms with E-state index in [2.05, 4.69) is 24.1 Å². The maximum Gasteiger partial charge on any atom is 0.252 e. The normalized spacial score (nSPS) is 20.7. The molecule has 112 valence electrons. The molecule has 1 fully saturated rings. The van der Waals surface area contributed by atoms with Crippen LogP contribution in [-0.4, -0.2) is 29.5 Å². The second kappa shape index (κ2) is 7.02. The van der Waals surface area contributed by atoms with Crippen LogP contribution in [0.3, 0.4) is 0 Å². The van der Waals surface area contributed by atoms with Crippen molar-refractivity contribution in [3.05, 3.63) is 34.9 Å². The van der Waals surface area contributed by atoms with Gasteiger partial charge in [-0.25, -0.2) is 0 Å². The number of carbonyl (C=O) groups is 1. The molecule has 4 heteroatoms. The zero-order valence-electron chi connectivity index (χ0n) is 12.7. The average molecular weight is 302 g/mol. The fourth-order valence-electron chi connectivity index (χ4n) is 2.44. The molecule has 3 N–H and O–H groups in total. The summed E-state index contributed by atoms with van der Waals surface area (Å²) >= 11 is 1.94. The third-order valence-electron chi connectivity index (χ3n) is 3.67. The molecule has 2 rings (SSSR count). The number of nitrogens with one attached hydrogen (secondary N) is 1. The molecule has 1 aliphatic rings. The summed E-state index contributed by atoms with van der Waals surface area (Å²) in [4.78, 5) is 12.4. The number of benzene rings is 1. The fraction of sp³-hybridized carbons (Fsp3) is 0.471. The predicted octanol–water partition coefficient (Wildman–Crippen LogP) is 2.32. The van der Waals surface area contributed by atoms with Crippen LogP contribution in [-0.2, 0) is 0 Å². The largest absolute Gasteiger partial charge is 0.351 e. The third kappa shape index (κ3) is 4.26. The minimum absolute atomic E-state index is 0.0509. The van der Waals surface area contributed by atoms with Crippen molar-refractivity contribution in [1.82, 2.24) is 5.32 Å². The Morgan fingerprint density at radius 2 is 2.33 bits per heavy atom. The van der Waals surface area contributed by atoms with Crippen LogP contribution in [0, 0.1) is 18.8 Å². The van der Waals surface area contributed by atoms with Crippen molar-refractivity contribution in [2.45, 2.75) is 31.4 Å². The SMILES string of the molecule is Cc1ccc(C(=O)NCC2(C)CCCS2)c(C#CCN)c1. The molecular weight excluding hydrogens is 280 g/mol. The van der Waals surface area contributed by atoms with Crippen molar-refractivity contribution in [2.75, 3.05) is 18.8 Å². The van der Waals surface area contributed by atoms with E-state index in [1.807, 2.05) is 36.9 Å². The second-order valence-corrected chi connectivity index (χ2v) is 7.32. The highest BCUT2D eigenvalue weighted by Gasteiger charge is 2.29. The van der Waals surface area contributed by atoms with Gasteiger partial charge in [0.25, 0.3) is 5.91 Å². The molecule has 0 radical (unpaired) electrons. The lowest BCUT2D eigenvalue weighted by atomic mass is 10.0. The summed E-state index contributed by atoms with van der Waals surface area (Å²) < 4.78 is 0.170. The Bertz CT molecular complexity index is 580. The number of thioether (sulfide) groups is 1. The van der Waals surface area contributed by atoms with Crippen molar-refractivity contribution in [3.63, 3.8) is 0 Å². The molecule has 1 aromatic rings. The van der Waals surface area contributed by atoms with Gasteiger partial charge < -0.3 is 11.1 Å². The van der Waals surface area contributed by atoms with Crippen LogP contribution in [0.15, 0.2) is 18.2 Å². The van der Waals surface area contributed by atoms with Crippen LogP contribution in [0.25, 0.3) is 0 Å². The van der Waals surface area contributed by atoms with Crippen LogP contribution < -0.4 is 11.1 Å². The molecule has 1 atom stereocenters. The van der Waals surface area contributed by atoms with E-state index in [0.717, 1.165) is 17.5 Å². The highest BCUT2D eigenvalue weighted by atomic mass is 32.2. The maximum absolute atomic E-state index is 12.4. The minimum Gasteiger partial charge on any atom is -0.351 e. The van der Waals surface area contributed by atoms with Crippen LogP contribution >= 0.6 is 11.8 Å². The van der Waals surface area contributed by atoms with E-state index in [1.165, 1.54) is 12.2 Å². The number of nitrogens with two attached hydrogens (primary N) is 1. The topological polar surface area (TPSA) is 55.1 Å². The Morgan fingerprint density at radius 1 is 1.52 bits per heavy atom. The molecule has 0 aromatic heterocycles. The lowest BCUT2D eigenvalue weighted by molar-refractivity contribution is 0.0949. The lowest BCUT2D eigenvalue weighted by Gasteiger charge is -2.23. The molecule has 3 nitrogen and oxygen atoms in total. The first-order chi connectivity index (χ1) is 10.0. The molecule has 0 saturated carbocycles. The highest BCUT2D eigenvalue weighted by molar-refractivity contribution is 8.00. The van der Waals surface area contributed by atoms with Gasteiger partial charge in [0, 0.05) is 16.9 Å². The molecule has 21 heavy (non-hydrogen) atoms. The molecule has 1 heterocycles. The third-order valence-corrected chi connectivity index (χ3v) is 5.21. The Kier molecular flexibility index (Phi) is 5.33. The quantitative estimate of drug-likeness (QED) is 0.843. The Hall–Kier alpha value is -1.44. The van der Waals surface area contributed by atoms with Crippen molar-refractivity contribution >= 4 is 17.7 Å². The lowest BCUT2D eigenvalue weighted by Crippen LogP contribution is -2.37.